The van der Waals surface area contributed by atoms with E-state index in [1.807, 2.05) is 6.07 Å². The molecule has 0 bridgehead atoms. The van der Waals surface area contributed by atoms with Crippen LogP contribution in [0.1, 0.15) is 15.9 Å². The fourth-order valence-electron chi connectivity index (χ4n) is 2.60. The summed E-state index contributed by atoms with van der Waals surface area (Å²) in [5.41, 5.74) is 6.85. The van der Waals surface area contributed by atoms with E-state index in [0.29, 0.717) is 11.3 Å². The second-order valence-electron chi connectivity index (χ2n) is 6.68. The normalized spacial score (nSPS) is 11.1. The van der Waals surface area contributed by atoms with E-state index < -0.39 is 30.6 Å². The Balaban J connectivity index is 1.90. The van der Waals surface area contributed by atoms with Crippen molar-refractivity contribution < 1.29 is 23.9 Å². The molecule has 30 heavy (non-hydrogen) atoms. The minimum atomic E-state index is -1.02. The number of carbonyl (C=O) groups excluding carboxylic acids is 4. The SMILES string of the molecule is CN(C)C(=O)c1ccc(NC(=O)COC(=O)[C@H](Cc2ccccc2)NC(N)=O)cc1. The zero-order valence-electron chi connectivity index (χ0n) is 16.8. The summed E-state index contributed by atoms with van der Waals surface area (Å²) in [6.07, 6.45) is 0.172. The van der Waals surface area contributed by atoms with Crippen LogP contribution >= 0.6 is 0 Å². The number of ether oxygens (including phenoxy) is 1. The zero-order chi connectivity index (χ0) is 22.1. The maximum Gasteiger partial charge on any atom is 0.329 e. The van der Waals surface area contributed by atoms with Crippen molar-refractivity contribution in [2.45, 2.75) is 12.5 Å². The number of amides is 4. The van der Waals surface area contributed by atoms with E-state index in [1.54, 1.807) is 62.6 Å². The summed E-state index contributed by atoms with van der Waals surface area (Å²) >= 11 is 0. The molecular weight excluding hydrogens is 388 g/mol. The highest BCUT2D eigenvalue weighted by molar-refractivity contribution is 5.96. The van der Waals surface area contributed by atoms with Crippen LogP contribution in [0.5, 0.6) is 0 Å². The Morgan fingerprint density at radius 1 is 1.00 bits per heavy atom. The van der Waals surface area contributed by atoms with Crippen LogP contribution < -0.4 is 16.4 Å². The Kier molecular flexibility index (Phi) is 7.92. The summed E-state index contributed by atoms with van der Waals surface area (Å²) in [7, 11) is 3.29. The zero-order valence-corrected chi connectivity index (χ0v) is 16.8. The average molecular weight is 412 g/mol. The number of esters is 1. The highest BCUT2D eigenvalue weighted by Crippen LogP contribution is 2.11. The molecule has 9 heteroatoms. The van der Waals surface area contributed by atoms with Crippen molar-refractivity contribution in [2.24, 2.45) is 5.73 Å². The lowest BCUT2D eigenvalue weighted by Gasteiger charge is -2.16. The van der Waals surface area contributed by atoms with Crippen LogP contribution in [-0.4, -0.2) is 55.5 Å². The van der Waals surface area contributed by atoms with Crippen molar-refractivity contribution in [3.05, 3.63) is 65.7 Å². The molecule has 9 nitrogen and oxygen atoms in total. The first kappa shape index (κ1) is 22.4. The minimum Gasteiger partial charge on any atom is -0.454 e. The molecule has 0 unspecified atom stereocenters. The van der Waals surface area contributed by atoms with Crippen LogP contribution in [0, 0.1) is 0 Å². The average Bonchev–Trinajstić information content (AvgIpc) is 2.72. The number of carbonyl (C=O) groups is 4. The van der Waals surface area contributed by atoms with E-state index in [-0.39, 0.29) is 12.3 Å². The van der Waals surface area contributed by atoms with E-state index >= 15 is 0 Å². The summed E-state index contributed by atoms with van der Waals surface area (Å²) in [4.78, 5) is 48.9. The Morgan fingerprint density at radius 2 is 1.63 bits per heavy atom. The first-order valence-electron chi connectivity index (χ1n) is 9.14. The molecule has 0 heterocycles. The minimum absolute atomic E-state index is 0.159. The molecule has 4 amide bonds. The van der Waals surface area contributed by atoms with Crippen LogP contribution in [0.2, 0.25) is 0 Å². The number of hydrogen-bond donors (Lipinski definition) is 3. The molecule has 0 saturated heterocycles. The van der Waals surface area contributed by atoms with Gasteiger partial charge >= 0.3 is 12.0 Å². The third kappa shape index (κ3) is 6.93. The Hall–Kier alpha value is -3.88. The summed E-state index contributed by atoms with van der Waals surface area (Å²) in [5.74, 6) is -1.50. The number of nitrogens with two attached hydrogens (primary N) is 1. The number of nitrogens with one attached hydrogen (secondary N) is 2. The van der Waals surface area contributed by atoms with Crippen molar-refractivity contribution in [1.82, 2.24) is 10.2 Å². The van der Waals surface area contributed by atoms with E-state index in [1.165, 1.54) is 4.90 Å². The van der Waals surface area contributed by atoms with Gasteiger partial charge < -0.3 is 26.0 Å². The first-order valence-corrected chi connectivity index (χ1v) is 9.14. The van der Waals surface area contributed by atoms with Gasteiger partial charge in [-0.05, 0) is 29.8 Å². The van der Waals surface area contributed by atoms with E-state index in [4.69, 9.17) is 10.5 Å². The monoisotopic (exact) mass is 412 g/mol. The van der Waals surface area contributed by atoms with Crippen LogP contribution in [0.25, 0.3) is 0 Å². The van der Waals surface area contributed by atoms with Gasteiger partial charge in [-0.2, -0.15) is 0 Å². The molecule has 0 aliphatic rings. The largest absolute Gasteiger partial charge is 0.454 e. The van der Waals surface area contributed by atoms with Gasteiger partial charge in [-0.3, -0.25) is 9.59 Å². The number of anilines is 1. The number of primary amides is 1. The van der Waals surface area contributed by atoms with Gasteiger partial charge in [-0.25, -0.2) is 9.59 Å². The molecule has 2 rings (SSSR count). The van der Waals surface area contributed by atoms with E-state index in [0.717, 1.165) is 5.56 Å². The third-order valence-corrected chi connectivity index (χ3v) is 4.05. The van der Waals surface area contributed by atoms with Crippen LogP contribution in [-0.2, 0) is 20.7 Å². The molecule has 2 aromatic rings. The van der Waals surface area contributed by atoms with Gasteiger partial charge in [-0.15, -0.1) is 0 Å². The summed E-state index contributed by atoms with van der Waals surface area (Å²) in [5, 5.41) is 4.89. The Labute approximate surface area is 174 Å². The van der Waals surface area contributed by atoms with Crippen molar-refractivity contribution in [1.29, 1.82) is 0 Å². The second-order valence-corrected chi connectivity index (χ2v) is 6.68. The lowest BCUT2D eigenvalue weighted by Crippen LogP contribution is -2.46. The van der Waals surface area contributed by atoms with Crippen LogP contribution in [0.4, 0.5) is 10.5 Å². The molecule has 0 aliphatic heterocycles. The molecule has 0 aromatic heterocycles. The fraction of sp³-hybridized carbons (Fsp3) is 0.238. The topological polar surface area (TPSA) is 131 Å². The molecule has 4 N–H and O–H groups in total. The van der Waals surface area contributed by atoms with E-state index in [2.05, 4.69) is 10.6 Å². The number of nitrogens with zero attached hydrogens (tertiary/aromatic N) is 1. The van der Waals surface area contributed by atoms with Crippen molar-refractivity contribution >= 4 is 29.5 Å². The number of rotatable bonds is 8. The van der Waals surface area contributed by atoms with Crippen molar-refractivity contribution in [2.75, 3.05) is 26.0 Å². The molecule has 0 saturated carbocycles. The van der Waals surface area contributed by atoms with Gasteiger partial charge in [0.2, 0.25) is 0 Å². The summed E-state index contributed by atoms with van der Waals surface area (Å²) in [6, 6.07) is 13.4. The molecule has 158 valence electrons. The van der Waals surface area contributed by atoms with Crippen molar-refractivity contribution in [3.63, 3.8) is 0 Å². The lowest BCUT2D eigenvalue weighted by atomic mass is 10.1. The second kappa shape index (κ2) is 10.6. The molecule has 0 spiro atoms. The first-order chi connectivity index (χ1) is 14.3. The van der Waals surface area contributed by atoms with Gasteiger partial charge in [0.15, 0.2) is 6.61 Å². The van der Waals surface area contributed by atoms with Gasteiger partial charge in [0.05, 0.1) is 0 Å². The molecule has 0 radical (unpaired) electrons. The highest BCUT2D eigenvalue weighted by atomic mass is 16.5. The highest BCUT2D eigenvalue weighted by Gasteiger charge is 2.22. The van der Waals surface area contributed by atoms with Crippen LogP contribution in [0.3, 0.4) is 0 Å². The lowest BCUT2D eigenvalue weighted by molar-refractivity contribution is -0.149. The van der Waals surface area contributed by atoms with Crippen LogP contribution in [0.15, 0.2) is 54.6 Å². The summed E-state index contributed by atoms with van der Waals surface area (Å²) < 4.78 is 5.02. The van der Waals surface area contributed by atoms with Gasteiger partial charge in [0, 0.05) is 31.8 Å². The maximum absolute atomic E-state index is 12.3. The van der Waals surface area contributed by atoms with Crippen molar-refractivity contribution in [3.8, 4) is 0 Å². The smallest absolute Gasteiger partial charge is 0.329 e. The molecule has 2 aromatic carbocycles. The number of benzene rings is 2. The van der Waals surface area contributed by atoms with Gasteiger partial charge in [0.1, 0.15) is 6.04 Å². The maximum atomic E-state index is 12.3. The number of urea groups is 1. The Morgan fingerprint density at radius 3 is 2.20 bits per heavy atom. The number of hydrogen-bond acceptors (Lipinski definition) is 5. The fourth-order valence-corrected chi connectivity index (χ4v) is 2.60. The molecular formula is C21H24N4O5. The van der Waals surface area contributed by atoms with E-state index in [9.17, 15) is 19.2 Å². The summed E-state index contributed by atoms with van der Waals surface area (Å²) in [6.45, 7) is -0.539. The molecule has 0 fully saturated rings. The van der Waals surface area contributed by atoms with Gasteiger partial charge in [0.25, 0.3) is 11.8 Å². The molecule has 0 aliphatic carbocycles. The predicted octanol–water partition coefficient (Wildman–Crippen LogP) is 1.15. The van der Waals surface area contributed by atoms with Gasteiger partial charge in [-0.1, -0.05) is 30.3 Å². The quantitative estimate of drug-likeness (QED) is 0.560. The Bertz CT molecular complexity index is 897. The standard InChI is InChI=1S/C21H24N4O5/c1-25(2)19(27)15-8-10-16(11-9-15)23-18(26)13-30-20(28)17(24-21(22)29)12-14-6-4-3-5-7-14/h3-11,17H,12-13H2,1-2H3,(H,23,26)(H3,22,24,29)/t17-/m0/s1. The third-order valence-electron chi connectivity index (χ3n) is 4.05. The molecule has 1 atom stereocenters. The predicted molar refractivity (Wildman–Crippen MR) is 111 cm³/mol.